The lowest BCUT2D eigenvalue weighted by Crippen LogP contribution is -2.44. The summed E-state index contributed by atoms with van der Waals surface area (Å²) in [4.78, 5) is 13.7. The van der Waals surface area contributed by atoms with Crippen LogP contribution in [0, 0.1) is 0 Å². The molecule has 1 aliphatic heterocycles. The SMILES string of the molecule is CCOCCCN1CCCCC1C(C)=O. The monoisotopic (exact) mass is 213 g/mol. The minimum atomic E-state index is 0.181. The molecule has 1 fully saturated rings. The Labute approximate surface area is 92.8 Å². The van der Waals surface area contributed by atoms with Crippen molar-refractivity contribution in [2.24, 2.45) is 0 Å². The largest absolute Gasteiger partial charge is 0.382 e. The summed E-state index contributed by atoms with van der Waals surface area (Å²) in [6.45, 7) is 7.42. The average Bonchev–Trinajstić information content (AvgIpc) is 2.25. The zero-order chi connectivity index (χ0) is 11.1. The highest BCUT2D eigenvalue weighted by molar-refractivity contribution is 5.81. The predicted molar refractivity (Wildman–Crippen MR) is 61.0 cm³/mol. The van der Waals surface area contributed by atoms with Crippen LogP contribution in [0.3, 0.4) is 0 Å². The number of piperidine rings is 1. The molecule has 1 heterocycles. The molecule has 1 unspecified atom stereocenters. The minimum Gasteiger partial charge on any atom is -0.382 e. The Morgan fingerprint density at radius 2 is 2.27 bits per heavy atom. The van der Waals surface area contributed by atoms with E-state index < -0.39 is 0 Å². The van der Waals surface area contributed by atoms with Crippen molar-refractivity contribution in [2.45, 2.75) is 45.6 Å². The number of ether oxygens (including phenoxy) is 1. The summed E-state index contributed by atoms with van der Waals surface area (Å²) < 4.78 is 5.31. The quantitative estimate of drug-likeness (QED) is 0.631. The number of rotatable bonds is 6. The van der Waals surface area contributed by atoms with Crippen molar-refractivity contribution in [1.29, 1.82) is 0 Å². The third kappa shape index (κ3) is 4.31. The first kappa shape index (κ1) is 12.7. The second kappa shape index (κ2) is 6.96. The molecule has 0 aromatic carbocycles. The van der Waals surface area contributed by atoms with Crippen molar-refractivity contribution in [2.75, 3.05) is 26.3 Å². The van der Waals surface area contributed by atoms with Crippen LogP contribution < -0.4 is 0 Å². The lowest BCUT2D eigenvalue weighted by atomic mass is 9.99. The molecule has 0 aliphatic carbocycles. The van der Waals surface area contributed by atoms with Crippen LogP contribution in [0.2, 0.25) is 0 Å². The van der Waals surface area contributed by atoms with Crippen molar-refractivity contribution >= 4 is 5.78 Å². The number of carbonyl (C=O) groups is 1. The average molecular weight is 213 g/mol. The smallest absolute Gasteiger partial charge is 0.146 e. The Morgan fingerprint density at radius 1 is 1.47 bits per heavy atom. The van der Waals surface area contributed by atoms with Gasteiger partial charge in [-0.25, -0.2) is 0 Å². The molecule has 0 spiro atoms. The molecule has 0 radical (unpaired) electrons. The Hall–Kier alpha value is -0.410. The Kier molecular flexibility index (Phi) is 5.88. The number of Topliss-reactive ketones (excluding diaryl/α,β-unsaturated/α-hetero) is 1. The van der Waals surface area contributed by atoms with Crippen LogP contribution in [0.4, 0.5) is 0 Å². The van der Waals surface area contributed by atoms with E-state index in [0.29, 0.717) is 5.78 Å². The molecule has 0 saturated carbocycles. The second-order valence-electron chi connectivity index (χ2n) is 4.21. The molecule has 1 rings (SSSR count). The Bertz CT molecular complexity index is 194. The van der Waals surface area contributed by atoms with Crippen LogP contribution in [-0.4, -0.2) is 43.0 Å². The fourth-order valence-corrected chi connectivity index (χ4v) is 2.23. The van der Waals surface area contributed by atoms with Gasteiger partial charge in [0.1, 0.15) is 5.78 Å². The molecule has 1 saturated heterocycles. The number of likely N-dealkylation sites (tertiary alicyclic amines) is 1. The summed E-state index contributed by atoms with van der Waals surface area (Å²) >= 11 is 0. The Morgan fingerprint density at radius 3 is 2.93 bits per heavy atom. The molecule has 1 atom stereocenters. The van der Waals surface area contributed by atoms with Crippen LogP contribution in [-0.2, 0) is 9.53 Å². The van der Waals surface area contributed by atoms with Crippen molar-refractivity contribution in [3.8, 4) is 0 Å². The molecule has 0 bridgehead atoms. The maximum atomic E-state index is 11.4. The van der Waals surface area contributed by atoms with E-state index in [2.05, 4.69) is 4.90 Å². The van der Waals surface area contributed by atoms with Crippen LogP contribution >= 0.6 is 0 Å². The molecule has 0 N–H and O–H groups in total. The maximum Gasteiger partial charge on any atom is 0.146 e. The van der Waals surface area contributed by atoms with E-state index in [1.165, 1.54) is 12.8 Å². The summed E-state index contributed by atoms with van der Waals surface area (Å²) in [7, 11) is 0. The summed E-state index contributed by atoms with van der Waals surface area (Å²) in [6, 6.07) is 0.181. The predicted octanol–water partition coefficient (Wildman–Crippen LogP) is 1.86. The molecule has 3 heteroatoms. The highest BCUT2D eigenvalue weighted by Gasteiger charge is 2.24. The third-order valence-electron chi connectivity index (χ3n) is 3.02. The van der Waals surface area contributed by atoms with Gasteiger partial charge in [0.2, 0.25) is 0 Å². The summed E-state index contributed by atoms with van der Waals surface area (Å²) in [5.41, 5.74) is 0. The minimum absolute atomic E-state index is 0.181. The van der Waals surface area contributed by atoms with E-state index in [1.807, 2.05) is 6.92 Å². The van der Waals surface area contributed by atoms with E-state index in [1.54, 1.807) is 6.92 Å². The molecule has 1 aliphatic rings. The molecular weight excluding hydrogens is 190 g/mol. The summed E-state index contributed by atoms with van der Waals surface area (Å²) in [5.74, 6) is 0.325. The first-order chi connectivity index (χ1) is 7.25. The molecule has 15 heavy (non-hydrogen) atoms. The number of hydrogen-bond donors (Lipinski definition) is 0. The van der Waals surface area contributed by atoms with Crippen LogP contribution in [0.25, 0.3) is 0 Å². The van der Waals surface area contributed by atoms with Gasteiger partial charge in [0.15, 0.2) is 0 Å². The van der Waals surface area contributed by atoms with E-state index in [4.69, 9.17) is 4.74 Å². The second-order valence-corrected chi connectivity index (χ2v) is 4.21. The van der Waals surface area contributed by atoms with E-state index in [0.717, 1.165) is 39.1 Å². The van der Waals surface area contributed by atoms with Gasteiger partial charge in [0.25, 0.3) is 0 Å². The Balaban J connectivity index is 2.26. The van der Waals surface area contributed by atoms with Crippen molar-refractivity contribution in [3.05, 3.63) is 0 Å². The number of carbonyl (C=O) groups excluding carboxylic acids is 1. The molecule has 3 nitrogen and oxygen atoms in total. The van der Waals surface area contributed by atoms with Gasteiger partial charge < -0.3 is 4.74 Å². The standard InChI is InChI=1S/C12H23NO2/c1-3-15-10-6-9-13-8-5-4-7-12(13)11(2)14/h12H,3-10H2,1-2H3. The topological polar surface area (TPSA) is 29.5 Å². The zero-order valence-electron chi connectivity index (χ0n) is 10.00. The van der Waals surface area contributed by atoms with Crippen molar-refractivity contribution in [1.82, 2.24) is 4.90 Å². The van der Waals surface area contributed by atoms with E-state index in [-0.39, 0.29) is 6.04 Å². The van der Waals surface area contributed by atoms with Gasteiger partial charge in [0, 0.05) is 19.8 Å². The highest BCUT2D eigenvalue weighted by atomic mass is 16.5. The van der Waals surface area contributed by atoms with Crippen LogP contribution in [0.15, 0.2) is 0 Å². The number of nitrogens with zero attached hydrogens (tertiary/aromatic N) is 1. The van der Waals surface area contributed by atoms with Gasteiger partial charge in [-0.05, 0) is 39.7 Å². The fraction of sp³-hybridized carbons (Fsp3) is 0.917. The zero-order valence-corrected chi connectivity index (χ0v) is 10.00. The van der Waals surface area contributed by atoms with Crippen LogP contribution in [0.5, 0.6) is 0 Å². The van der Waals surface area contributed by atoms with Gasteiger partial charge in [-0.3, -0.25) is 9.69 Å². The highest BCUT2D eigenvalue weighted by Crippen LogP contribution is 2.17. The van der Waals surface area contributed by atoms with Gasteiger partial charge in [0.05, 0.1) is 6.04 Å². The molecule has 88 valence electrons. The van der Waals surface area contributed by atoms with Crippen molar-refractivity contribution in [3.63, 3.8) is 0 Å². The van der Waals surface area contributed by atoms with Crippen molar-refractivity contribution < 1.29 is 9.53 Å². The lowest BCUT2D eigenvalue weighted by molar-refractivity contribution is -0.123. The fourth-order valence-electron chi connectivity index (χ4n) is 2.23. The van der Waals surface area contributed by atoms with Crippen LogP contribution in [0.1, 0.15) is 39.5 Å². The normalized spacial score (nSPS) is 22.9. The first-order valence-electron chi connectivity index (χ1n) is 6.08. The third-order valence-corrected chi connectivity index (χ3v) is 3.02. The van der Waals surface area contributed by atoms with Gasteiger partial charge in [-0.15, -0.1) is 0 Å². The maximum absolute atomic E-state index is 11.4. The van der Waals surface area contributed by atoms with E-state index in [9.17, 15) is 4.79 Å². The van der Waals surface area contributed by atoms with Gasteiger partial charge in [-0.2, -0.15) is 0 Å². The molecule has 0 aromatic heterocycles. The summed E-state index contributed by atoms with van der Waals surface area (Å²) in [5, 5.41) is 0. The molecule has 0 aromatic rings. The molecular formula is C12H23NO2. The first-order valence-corrected chi connectivity index (χ1v) is 6.08. The molecule has 0 amide bonds. The lowest BCUT2D eigenvalue weighted by Gasteiger charge is -2.33. The van der Waals surface area contributed by atoms with Gasteiger partial charge >= 0.3 is 0 Å². The summed E-state index contributed by atoms with van der Waals surface area (Å²) in [6.07, 6.45) is 4.52. The number of ketones is 1. The number of hydrogen-bond acceptors (Lipinski definition) is 3. The van der Waals surface area contributed by atoms with E-state index >= 15 is 0 Å². The van der Waals surface area contributed by atoms with Gasteiger partial charge in [-0.1, -0.05) is 6.42 Å².